The molecule has 1 aromatic heterocycles. The lowest BCUT2D eigenvalue weighted by atomic mass is 10.2. The van der Waals surface area contributed by atoms with Crippen molar-refractivity contribution in [3.8, 4) is 0 Å². The minimum absolute atomic E-state index is 0.237. The van der Waals surface area contributed by atoms with Crippen LogP contribution in [0.25, 0.3) is 0 Å². The third-order valence-electron chi connectivity index (χ3n) is 3.40. The molecule has 0 bridgehead atoms. The van der Waals surface area contributed by atoms with E-state index >= 15 is 0 Å². The van der Waals surface area contributed by atoms with Crippen molar-refractivity contribution in [3.63, 3.8) is 0 Å². The van der Waals surface area contributed by atoms with Gasteiger partial charge in [0.25, 0.3) is 5.91 Å². The average molecular weight is 382 g/mol. The van der Waals surface area contributed by atoms with Gasteiger partial charge in [-0.2, -0.15) is 0 Å². The zero-order valence-electron chi connectivity index (χ0n) is 13.1. The molecule has 120 valence electrons. The Bertz CT molecular complexity index is 845. The second-order valence-corrected chi connectivity index (χ2v) is 6.30. The minimum atomic E-state index is -0.237. The number of aryl methyl sites for hydroxylation is 1. The van der Waals surface area contributed by atoms with Gasteiger partial charge in [0.15, 0.2) is 0 Å². The number of pyridine rings is 1. The third kappa shape index (κ3) is 4.20. The van der Waals surface area contributed by atoms with Crippen LogP contribution in [0.15, 0.2) is 71.3 Å². The van der Waals surface area contributed by atoms with Crippen LogP contribution in [-0.2, 0) is 0 Å². The van der Waals surface area contributed by atoms with Crippen molar-refractivity contribution in [3.05, 3.63) is 82.6 Å². The smallest absolute Gasteiger partial charge is 0.274 e. The van der Waals surface area contributed by atoms with Crippen LogP contribution in [0, 0.1) is 6.92 Å². The summed E-state index contributed by atoms with van der Waals surface area (Å²) in [4.78, 5) is 16.4. The molecule has 0 aliphatic rings. The molecule has 3 rings (SSSR count). The molecule has 2 N–H and O–H groups in total. The van der Waals surface area contributed by atoms with Crippen molar-refractivity contribution in [2.75, 3.05) is 10.6 Å². The molecule has 1 heterocycles. The average Bonchev–Trinajstić information content (AvgIpc) is 2.57. The maximum Gasteiger partial charge on any atom is 0.274 e. The number of carbonyl (C=O) groups excluding carboxylic acids is 1. The van der Waals surface area contributed by atoms with Crippen molar-refractivity contribution in [2.45, 2.75) is 6.92 Å². The number of nitrogens with one attached hydrogen (secondary N) is 2. The fraction of sp³-hybridized carbons (Fsp3) is 0.0526. The zero-order chi connectivity index (χ0) is 16.9. The predicted molar refractivity (Wildman–Crippen MR) is 101 cm³/mol. The first-order valence-electron chi connectivity index (χ1n) is 7.47. The number of halogens is 1. The van der Waals surface area contributed by atoms with E-state index in [0.29, 0.717) is 5.69 Å². The van der Waals surface area contributed by atoms with E-state index in [1.165, 1.54) is 5.56 Å². The highest BCUT2D eigenvalue weighted by Crippen LogP contribution is 2.18. The van der Waals surface area contributed by atoms with Gasteiger partial charge in [-0.25, -0.2) is 4.98 Å². The summed E-state index contributed by atoms with van der Waals surface area (Å²) in [5.74, 6) is -0.237. The molecular weight excluding hydrogens is 366 g/mol. The number of carbonyl (C=O) groups is 1. The van der Waals surface area contributed by atoms with Crippen LogP contribution in [-0.4, -0.2) is 10.9 Å². The lowest BCUT2D eigenvalue weighted by Gasteiger charge is -2.08. The molecule has 0 saturated heterocycles. The van der Waals surface area contributed by atoms with Crippen molar-refractivity contribution in [1.29, 1.82) is 0 Å². The molecule has 0 radical (unpaired) electrons. The molecule has 3 aromatic rings. The molecular formula is C19H16BrN3O. The normalized spacial score (nSPS) is 10.2. The summed E-state index contributed by atoms with van der Waals surface area (Å²) >= 11 is 3.36. The highest BCUT2D eigenvalue weighted by molar-refractivity contribution is 9.10. The van der Waals surface area contributed by atoms with Gasteiger partial charge in [-0.15, -0.1) is 0 Å². The first-order chi connectivity index (χ1) is 11.6. The molecule has 0 saturated carbocycles. The highest BCUT2D eigenvalue weighted by Gasteiger charge is 2.07. The number of nitrogens with zero attached hydrogens (tertiary/aromatic N) is 1. The SMILES string of the molecule is Cc1cccc(Nc2ccc(C(=O)Nc3ccc(Br)cc3)nc2)c1. The van der Waals surface area contributed by atoms with E-state index in [2.05, 4.69) is 31.5 Å². The van der Waals surface area contributed by atoms with E-state index in [4.69, 9.17) is 0 Å². The summed E-state index contributed by atoms with van der Waals surface area (Å²) in [6, 6.07) is 19.0. The fourth-order valence-corrected chi connectivity index (χ4v) is 2.48. The summed E-state index contributed by atoms with van der Waals surface area (Å²) < 4.78 is 0.963. The van der Waals surface area contributed by atoms with E-state index < -0.39 is 0 Å². The van der Waals surface area contributed by atoms with Crippen LogP contribution in [0.3, 0.4) is 0 Å². The Hall–Kier alpha value is -2.66. The third-order valence-corrected chi connectivity index (χ3v) is 3.93. The summed E-state index contributed by atoms with van der Waals surface area (Å²) in [7, 11) is 0. The number of hydrogen-bond acceptors (Lipinski definition) is 3. The van der Waals surface area contributed by atoms with Gasteiger partial charge in [0.1, 0.15) is 5.69 Å². The van der Waals surface area contributed by atoms with Crippen molar-refractivity contribution < 1.29 is 4.79 Å². The topological polar surface area (TPSA) is 54.0 Å². The maximum atomic E-state index is 12.2. The van der Waals surface area contributed by atoms with Gasteiger partial charge in [0.2, 0.25) is 0 Å². The first-order valence-corrected chi connectivity index (χ1v) is 8.26. The van der Waals surface area contributed by atoms with Gasteiger partial charge < -0.3 is 10.6 Å². The van der Waals surface area contributed by atoms with E-state index in [9.17, 15) is 4.79 Å². The Kier molecular flexibility index (Phi) is 4.91. The highest BCUT2D eigenvalue weighted by atomic mass is 79.9. The van der Waals surface area contributed by atoms with Crippen LogP contribution in [0.4, 0.5) is 17.1 Å². The van der Waals surface area contributed by atoms with Crippen LogP contribution in [0.2, 0.25) is 0 Å². The van der Waals surface area contributed by atoms with Crippen molar-refractivity contribution >= 4 is 38.9 Å². The number of benzene rings is 2. The lowest BCUT2D eigenvalue weighted by Crippen LogP contribution is -2.13. The van der Waals surface area contributed by atoms with Crippen molar-refractivity contribution in [1.82, 2.24) is 4.98 Å². The number of rotatable bonds is 4. The Balaban J connectivity index is 1.67. The zero-order valence-corrected chi connectivity index (χ0v) is 14.7. The molecule has 0 spiro atoms. The minimum Gasteiger partial charge on any atom is -0.354 e. The van der Waals surface area contributed by atoms with Gasteiger partial charge in [-0.1, -0.05) is 28.1 Å². The quantitative estimate of drug-likeness (QED) is 0.656. The number of anilines is 3. The number of amides is 1. The van der Waals surface area contributed by atoms with Gasteiger partial charge in [0, 0.05) is 15.8 Å². The number of hydrogen-bond donors (Lipinski definition) is 2. The summed E-state index contributed by atoms with van der Waals surface area (Å²) in [5.41, 5.74) is 4.10. The summed E-state index contributed by atoms with van der Waals surface area (Å²) in [5, 5.41) is 6.09. The molecule has 1 amide bonds. The molecule has 4 nitrogen and oxygen atoms in total. The Morgan fingerprint density at radius 3 is 2.38 bits per heavy atom. The first kappa shape index (κ1) is 16.2. The molecule has 0 unspecified atom stereocenters. The second kappa shape index (κ2) is 7.27. The Morgan fingerprint density at radius 1 is 0.958 bits per heavy atom. The van der Waals surface area contributed by atoms with E-state index in [-0.39, 0.29) is 5.91 Å². The van der Waals surface area contributed by atoms with E-state index in [1.54, 1.807) is 12.3 Å². The number of aromatic nitrogens is 1. The Labute approximate surface area is 149 Å². The van der Waals surface area contributed by atoms with E-state index in [0.717, 1.165) is 21.5 Å². The predicted octanol–water partition coefficient (Wildman–Crippen LogP) is 5.15. The molecule has 0 fully saturated rings. The van der Waals surface area contributed by atoms with Crippen LogP contribution in [0.1, 0.15) is 16.1 Å². The second-order valence-electron chi connectivity index (χ2n) is 5.39. The molecule has 24 heavy (non-hydrogen) atoms. The van der Waals surface area contributed by atoms with Crippen LogP contribution < -0.4 is 10.6 Å². The molecule has 0 aliphatic carbocycles. The molecule has 2 aromatic carbocycles. The van der Waals surface area contributed by atoms with Crippen molar-refractivity contribution in [2.24, 2.45) is 0 Å². The largest absolute Gasteiger partial charge is 0.354 e. The maximum absolute atomic E-state index is 12.2. The summed E-state index contributed by atoms with van der Waals surface area (Å²) in [6.45, 7) is 2.04. The molecule has 0 aliphatic heterocycles. The van der Waals surface area contributed by atoms with Crippen LogP contribution >= 0.6 is 15.9 Å². The molecule has 5 heteroatoms. The summed E-state index contributed by atoms with van der Waals surface area (Å²) in [6.07, 6.45) is 1.65. The Morgan fingerprint density at radius 2 is 1.71 bits per heavy atom. The van der Waals surface area contributed by atoms with Crippen LogP contribution in [0.5, 0.6) is 0 Å². The van der Waals surface area contributed by atoms with Gasteiger partial charge in [-0.05, 0) is 61.0 Å². The molecule has 0 atom stereocenters. The van der Waals surface area contributed by atoms with E-state index in [1.807, 2.05) is 61.5 Å². The fourth-order valence-electron chi connectivity index (χ4n) is 2.22. The monoisotopic (exact) mass is 381 g/mol. The van der Waals surface area contributed by atoms with Gasteiger partial charge in [-0.3, -0.25) is 4.79 Å². The lowest BCUT2D eigenvalue weighted by molar-refractivity contribution is 0.102. The standard InChI is InChI=1S/C19H16BrN3O/c1-13-3-2-4-16(11-13)22-17-9-10-18(21-12-17)19(24)23-15-7-5-14(20)6-8-15/h2-12,22H,1H3,(H,23,24). The van der Waals surface area contributed by atoms with Gasteiger partial charge >= 0.3 is 0 Å². The van der Waals surface area contributed by atoms with Gasteiger partial charge in [0.05, 0.1) is 11.9 Å².